The van der Waals surface area contributed by atoms with Crippen molar-refractivity contribution in [2.24, 2.45) is 4.99 Å². The van der Waals surface area contributed by atoms with Crippen molar-refractivity contribution in [2.45, 2.75) is 0 Å². The van der Waals surface area contributed by atoms with Gasteiger partial charge < -0.3 is 10.1 Å². The van der Waals surface area contributed by atoms with Crippen molar-refractivity contribution in [3.8, 4) is 5.75 Å². The molecule has 0 atom stereocenters. The molecule has 1 N–H and O–H groups in total. The van der Waals surface area contributed by atoms with Crippen molar-refractivity contribution in [1.82, 2.24) is 5.32 Å². The lowest BCUT2D eigenvalue weighted by molar-refractivity contribution is 0.0978. The van der Waals surface area contributed by atoms with Gasteiger partial charge in [-0.3, -0.25) is 9.79 Å². The van der Waals surface area contributed by atoms with E-state index in [1.165, 1.54) is 0 Å². The summed E-state index contributed by atoms with van der Waals surface area (Å²) in [5, 5.41) is 5.61. The molecule has 1 aliphatic rings. The Morgan fingerprint density at radius 1 is 1.25 bits per heavy atom. The molecule has 1 heterocycles. The molecule has 0 spiro atoms. The lowest BCUT2D eigenvalue weighted by Crippen LogP contribution is -2.27. The van der Waals surface area contributed by atoms with Gasteiger partial charge in [-0.15, -0.1) is 0 Å². The van der Waals surface area contributed by atoms with Gasteiger partial charge in [0.2, 0.25) is 0 Å². The number of carbonyl (C=O) groups is 1. The van der Waals surface area contributed by atoms with Crippen LogP contribution in [0.5, 0.6) is 5.75 Å². The molecule has 5 heteroatoms. The minimum absolute atomic E-state index is 0.115. The standard InChI is InChI=1S/C15H14N2O2S/c1-19-13-5-4-10-8-12(3-2-11(10)9-13)14(18)17-15-16-6-7-20-15/h2-5,8-9H,6-7H2,1H3,(H,16,17,18). The Morgan fingerprint density at radius 3 is 2.80 bits per heavy atom. The zero-order valence-electron chi connectivity index (χ0n) is 11.1. The number of rotatable bonds is 2. The normalized spacial score (nSPS) is 14.2. The third-order valence-corrected chi connectivity index (χ3v) is 4.01. The second kappa shape index (κ2) is 5.54. The Hall–Kier alpha value is -2.01. The molecule has 0 bridgehead atoms. The molecule has 0 aliphatic carbocycles. The van der Waals surface area contributed by atoms with E-state index in [9.17, 15) is 4.79 Å². The number of amides is 1. The fourth-order valence-corrected chi connectivity index (χ4v) is 2.80. The van der Waals surface area contributed by atoms with E-state index in [-0.39, 0.29) is 5.91 Å². The van der Waals surface area contributed by atoms with Gasteiger partial charge in [0, 0.05) is 11.3 Å². The number of amidine groups is 1. The van der Waals surface area contributed by atoms with E-state index >= 15 is 0 Å². The van der Waals surface area contributed by atoms with E-state index in [1.807, 2.05) is 36.4 Å². The molecule has 102 valence electrons. The van der Waals surface area contributed by atoms with Gasteiger partial charge in [-0.2, -0.15) is 0 Å². The molecule has 0 saturated carbocycles. The van der Waals surface area contributed by atoms with Gasteiger partial charge in [0.25, 0.3) is 5.91 Å². The highest BCUT2D eigenvalue weighted by atomic mass is 32.2. The minimum atomic E-state index is -0.115. The minimum Gasteiger partial charge on any atom is -0.497 e. The number of aliphatic imine (C=N–C) groups is 1. The highest BCUT2D eigenvalue weighted by Crippen LogP contribution is 2.22. The zero-order valence-corrected chi connectivity index (χ0v) is 11.9. The Balaban J connectivity index is 1.86. The summed E-state index contributed by atoms with van der Waals surface area (Å²) >= 11 is 1.58. The maximum atomic E-state index is 12.1. The fraction of sp³-hybridized carbons (Fsp3) is 0.200. The van der Waals surface area contributed by atoms with E-state index in [0.717, 1.165) is 28.8 Å². The summed E-state index contributed by atoms with van der Waals surface area (Å²) in [6.07, 6.45) is 0. The van der Waals surface area contributed by atoms with Crippen molar-refractivity contribution in [1.29, 1.82) is 0 Å². The first-order valence-electron chi connectivity index (χ1n) is 6.33. The number of thioether (sulfide) groups is 1. The number of ether oxygens (including phenoxy) is 1. The van der Waals surface area contributed by atoms with Crippen LogP contribution in [0.15, 0.2) is 41.4 Å². The molecule has 3 rings (SSSR count). The van der Waals surface area contributed by atoms with Crippen LogP contribution in [-0.4, -0.2) is 30.5 Å². The molecule has 4 nitrogen and oxygen atoms in total. The van der Waals surface area contributed by atoms with E-state index in [4.69, 9.17) is 4.74 Å². The van der Waals surface area contributed by atoms with Crippen molar-refractivity contribution in [3.63, 3.8) is 0 Å². The predicted molar refractivity (Wildman–Crippen MR) is 82.7 cm³/mol. The summed E-state index contributed by atoms with van der Waals surface area (Å²) in [5.41, 5.74) is 0.637. The van der Waals surface area contributed by atoms with Crippen LogP contribution < -0.4 is 10.1 Å². The maximum Gasteiger partial charge on any atom is 0.257 e. The largest absolute Gasteiger partial charge is 0.497 e. The molecule has 0 radical (unpaired) electrons. The van der Waals surface area contributed by atoms with Gasteiger partial charge >= 0.3 is 0 Å². The lowest BCUT2D eigenvalue weighted by Gasteiger charge is -2.06. The maximum absolute atomic E-state index is 12.1. The van der Waals surface area contributed by atoms with E-state index in [2.05, 4.69) is 10.3 Å². The Bertz CT molecular complexity index is 697. The number of fused-ring (bicyclic) bond motifs is 1. The fourth-order valence-electron chi connectivity index (χ4n) is 2.07. The smallest absolute Gasteiger partial charge is 0.257 e. The van der Waals surface area contributed by atoms with Crippen LogP contribution in [0, 0.1) is 0 Å². The first-order valence-corrected chi connectivity index (χ1v) is 7.31. The van der Waals surface area contributed by atoms with E-state index in [0.29, 0.717) is 10.7 Å². The summed E-state index contributed by atoms with van der Waals surface area (Å²) in [6, 6.07) is 11.4. The number of hydrogen-bond acceptors (Lipinski definition) is 4. The van der Waals surface area contributed by atoms with Crippen LogP contribution in [-0.2, 0) is 0 Å². The predicted octanol–water partition coefficient (Wildman–Crippen LogP) is 2.68. The van der Waals surface area contributed by atoms with Gasteiger partial charge in [-0.05, 0) is 35.0 Å². The molecular formula is C15H14N2O2S. The lowest BCUT2D eigenvalue weighted by atomic mass is 10.1. The second-order valence-electron chi connectivity index (χ2n) is 4.42. The third kappa shape index (κ3) is 2.63. The van der Waals surface area contributed by atoms with Gasteiger partial charge in [-0.25, -0.2) is 0 Å². The van der Waals surface area contributed by atoms with Crippen molar-refractivity contribution in [3.05, 3.63) is 42.0 Å². The Labute approximate surface area is 121 Å². The van der Waals surface area contributed by atoms with E-state index in [1.54, 1.807) is 18.9 Å². The number of nitrogens with zero attached hydrogens (tertiary/aromatic N) is 1. The van der Waals surface area contributed by atoms with Crippen LogP contribution in [0.1, 0.15) is 10.4 Å². The third-order valence-electron chi connectivity index (χ3n) is 3.12. The Morgan fingerprint density at radius 2 is 2.05 bits per heavy atom. The van der Waals surface area contributed by atoms with E-state index < -0.39 is 0 Å². The second-order valence-corrected chi connectivity index (χ2v) is 5.50. The first-order chi connectivity index (χ1) is 9.76. The van der Waals surface area contributed by atoms with Crippen LogP contribution in [0.2, 0.25) is 0 Å². The molecule has 0 aromatic heterocycles. The summed E-state index contributed by atoms with van der Waals surface area (Å²) in [5.74, 6) is 1.63. The van der Waals surface area contributed by atoms with Gasteiger partial charge in [0.15, 0.2) is 5.17 Å². The quantitative estimate of drug-likeness (QED) is 0.923. The van der Waals surface area contributed by atoms with Crippen LogP contribution in [0.3, 0.4) is 0 Å². The zero-order chi connectivity index (χ0) is 13.9. The summed E-state index contributed by atoms with van der Waals surface area (Å²) < 4.78 is 5.19. The van der Waals surface area contributed by atoms with Gasteiger partial charge in [0.1, 0.15) is 5.75 Å². The number of carbonyl (C=O) groups excluding carboxylic acids is 1. The Kier molecular flexibility index (Phi) is 3.60. The SMILES string of the molecule is COc1ccc2cc(C(=O)NC3=NCCS3)ccc2c1. The molecule has 0 saturated heterocycles. The first kappa shape index (κ1) is 13.0. The highest BCUT2D eigenvalue weighted by Gasteiger charge is 2.12. The summed E-state index contributed by atoms with van der Waals surface area (Å²) in [7, 11) is 1.64. The highest BCUT2D eigenvalue weighted by molar-refractivity contribution is 8.14. The molecule has 0 unspecified atom stereocenters. The van der Waals surface area contributed by atoms with Crippen LogP contribution >= 0.6 is 11.8 Å². The molecule has 2 aromatic rings. The molecular weight excluding hydrogens is 272 g/mol. The van der Waals surface area contributed by atoms with Crippen LogP contribution in [0.25, 0.3) is 10.8 Å². The van der Waals surface area contributed by atoms with Crippen molar-refractivity contribution >= 4 is 33.6 Å². The molecule has 1 aliphatic heterocycles. The van der Waals surface area contributed by atoms with Crippen LogP contribution in [0.4, 0.5) is 0 Å². The summed E-state index contributed by atoms with van der Waals surface area (Å²) in [4.78, 5) is 16.4. The number of hydrogen-bond donors (Lipinski definition) is 1. The average molecular weight is 286 g/mol. The van der Waals surface area contributed by atoms with Gasteiger partial charge in [0.05, 0.1) is 13.7 Å². The van der Waals surface area contributed by atoms with Gasteiger partial charge in [-0.1, -0.05) is 23.9 Å². The average Bonchev–Trinajstić information content (AvgIpc) is 2.99. The summed E-state index contributed by atoms with van der Waals surface area (Å²) in [6.45, 7) is 0.776. The number of benzene rings is 2. The number of nitrogens with one attached hydrogen (secondary N) is 1. The molecule has 0 fully saturated rings. The molecule has 20 heavy (non-hydrogen) atoms. The monoisotopic (exact) mass is 286 g/mol. The number of methoxy groups -OCH3 is 1. The topological polar surface area (TPSA) is 50.7 Å². The van der Waals surface area contributed by atoms with Crippen molar-refractivity contribution < 1.29 is 9.53 Å². The van der Waals surface area contributed by atoms with Crippen molar-refractivity contribution in [2.75, 3.05) is 19.4 Å². The molecule has 1 amide bonds. The molecule has 2 aromatic carbocycles.